The van der Waals surface area contributed by atoms with Crippen molar-refractivity contribution in [2.24, 2.45) is 0 Å². The zero-order chi connectivity index (χ0) is 20.2. The van der Waals surface area contributed by atoms with Gasteiger partial charge < -0.3 is 15.0 Å². The fraction of sp³-hybridized carbons (Fsp3) is 0.458. The van der Waals surface area contributed by atoms with Crippen LogP contribution in [-0.4, -0.2) is 50.6 Å². The van der Waals surface area contributed by atoms with Crippen LogP contribution in [0.25, 0.3) is 0 Å². The molecule has 2 heterocycles. The summed E-state index contributed by atoms with van der Waals surface area (Å²) in [5, 5.41) is 3.18. The SMILES string of the molecule is CCOc1ccccc1C(=O)NC[C@H](c1ccc2c(c1)CCN2C)N1CCCC1. The van der Waals surface area contributed by atoms with Gasteiger partial charge in [0.2, 0.25) is 0 Å². The molecule has 0 unspecified atom stereocenters. The van der Waals surface area contributed by atoms with E-state index in [4.69, 9.17) is 4.74 Å². The van der Waals surface area contributed by atoms with Crippen LogP contribution in [0.1, 0.15) is 47.3 Å². The average molecular weight is 394 g/mol. The Morgan fingerprint density at radius 1 is 1.14 bits per heavy atom. The number of amides is 1. The third kappa shape index (κ3) is 4.25. The summed E-state index contributed by atoms with van der Waals surface area (Å²) in [6.45, 7) is 6.35. The largest absolute Gasteiger partial charge is 0.493 e. The van der Waals surface area contributed by atoms with Gasteiger partial charge in [0.05, 0.1) is 18.2 Å². The van der Waals surface area contributed by atoms with Gasteiger partial charge >= 0.3 is 0 Å². The van der Waals surface area contributed by atoms with E-state index in [1.807, 2.05) is 31.2 Å². The lowest BCUT2D eigenvalue weighted by molar-refractivity contribution is 0.0934. The number of likely N-dealkylation sites (tertiary alicyclic amines) is 1. The number of para-hydroxylation sites is 1. The average Bonchev–Trinajstić information content (AvgIpc) is 3.39. The van der Waals surface area contributed by atoms with Crippen LogP contribution in [-0.2, 0) is 6.42 Å². The number of nitrogens with zero attached hydrogens (tertiary/aromatic N) is 2. The van der Waals surface area contributed by atoms with Crippen LogP contribution in [0.5, 0.6) is 5.75 Å². The highest BCUT2D eigenvalue weighted by molar-refractivity contribution is 5.96. The number of likely N-dealkylation sites (N-methyl/N-ethyl adjacent to an activating group) is 1. The molecular weight excluding hydrogens is 362 g/mol. The van der Waals surface area contributed by atoms with Crippen molar-refractivity contribution in [3.8, 4) is 5.75 Å². The molecule has 1 fully saturated rings. The molecule has 5 nitrogen and oxygen atoms in total. The van der Waals surface area contributed by atoms with Crippen molar-refractivity contribution in [1.29, 1.82) is 0 Å². The first-order valence-electron chi connectivity index (χ1n) is 10.8. The number of carbonyl (C=O) groups excluding carboxylic acids is 1. The minimum absolute atomic E-state index is 0.0702. The molecule has 0 spiro atoms. The fourth-order valence-electron chi connectivity index (χ4n) is 4.53. The molecule has 2 aliphatic heterocycles. The Morgan fingerprint density at radius 2 is 1.93 bits per heavy atom. The van der Waals surface area contributed by atoms with Crippen molar-refractivity contribution in [3.63, 3.8) is 0 Å². The Hall–Kier alpha value is -2.53. The molecule has 2 aromatic carbocycles. The van der Waals surface area contributed by atoms with Gasteiger partial charge in [0.15, 0.2) is 0 Å². The lowest BCUT2D eigenvalue weighted by atomic mass is 10.0. The third-order valence-corrected chi connectivity index (χ3v) is 6.09. The van der Waals surface area contributed by atoms with E-state index in [1.54, 1.807) is 0 Å². The van der Waals surface area contributed by atoms with Crippen molar-refractivity contribution in [2.75, 3.05) is 44.7 Å². The number of anilines is 1. The number of nitrogens with one attached hydrogen (secondary N) is 1. The van der Waals surface area contributed by atoms with Crippen LogP contribution < -0.4 is 15.0 Å². The molecule has 4 rings (SSSR count). The van der Waals surface area contributed by atoms with Gasteiger partial charge in [-0.05, 0) is 68.6 Å². The first-order chi connectivity index (χ1) is 14.2. The Kier molecular flexibility index (Phi) is 6.05. The molecule has 0 radical (unpaired) electrons. The maximum Gasteiger partial charge on any atom is 0.255 e. The molecule has 0 bridgehead atoms. The van der Waals surface area contributed by atoms with Gasteiger partial charge in [-0.3, -0.25) is 9.69 Å². The lowest BCUT2D eigenvalue weighted by Crippen LogP contribution is -2.37. The number of rotatable bonds is 7. The van der Waals surface area contributed by atoms with E-state index in [-0.39, 0.29) is 11.9 Å². The van der Waals surface area contributed by atoms with Crippen LogP contribution >= 0.6 is 0 Å². The smallest absolute Gasteiger partial charge is 0.255 e. The van der Waals surface area contributed by atoms with Crippen molar-refractivity contribution in [2.45, 2.75) is 32.2 Å². The highest BCUT2D eigenvalue weighted by Crippen LogP contribution is 2.32. The maximum absolute atomic E-state index is 12.9. The van der Waals surface area contributed by atoms with E-state index in [2.05, 4.69) is 40.4 Å². The van der Waals surface area contributed by atoms with Gasteiger partial charge in [0.1, 0.15) is 5.75 Å². The number of carbonyl (C=O) groups is 1. The zero-order valence-electron chi connectivity index (χ0n) is 17.5. The van der Waals surface area contributed by atoms with E-state index in [1.165, 1.54) is 29.7 Å². The minimum Gasteiger partial charge on any atom is -0.493 e. The highest BCUT2D eigenvalue weighted by Gasteiger charge is 2.26. The summed E-state index contributed by atoms with van der Waals surface area (Å²) in [4.78, 5) is 17.7. The number of hydrogen-bond acceptors (Lipinski definition) is 4. The molecule has 5 heteroatoms. The van der Waals surface area contributed by atoms with Crippen LogP contribution in [0, 0.1) is 0 Å². The summed E-state index contributed by atoms with van der Waals surface area (Å²) < 4.78 is 5.63. The summed E-state index contributed by atoms with van der Waals surface area (Å²) in [6, 6.07) is 14.5. The maximum atomic E-state index is 12.9. The highest BCUT2D eigenvalue weighted by atomic mass is 16.5. The van der Waals surface area contributed by atoms with Crippen LogP contribution in [0.3, 0.4) is 0 Å². The quantitative estimate of drug-likeness (QED) is 0.780. The number of fused-ring (bicyclic) bond motifs is 1. The molecule has 2 aromatic rings. The number of ether oxygens (including phenoxy) is 1. The molecule has 1 saturated heterocycles. The van der Waals surface area contributed by atoms with Gasteiger partial charge in [0.25, 0.3) is 5.91 Å². The Bertz CT molecular complexity index is 861. The molecule has 0 aromatic heterocycles. The molecule has 1 atom stereocenters. The topological polar surface area (TPSA) is 44.8 Å². The van der Waals surface area contributed by atoms with Crippen LogP contribution in [0.15, 0.2) is 42.5 Å². The van der Waals surface area contributed by atoms with Gasteiger partial charge in [-0.15, -0.1) is 0 Å². The molecule has 29 heavy (non-hydrogen) atoms. The van der Waals surface area contributed by atoms with Crippen molar-refractivity contribution in [3.05, 3.63) is 59.2 Å². The van der Waals surface area contributed by atoms with Gasteiger partial charge in [-0.25, -0.2) is 0 Å². The van der Waals surface area contributed by atoms with Gasteiger partial charge in [-0.1, -0.05) is 24.3 Å². The van der Waals surface area contributed by atoms with Crippen LogP contribution in [0.2, 0.25) is 0 Å². The normalized spacial score (nSPS) is 17.2. The molecule has 0 aliphatic carbocycles. The number of benzene rings is 2. The zero-order valence-corrected chi connectivity index (χ0v) is 17.5. The standard InChI is InChI=1S/C24H31N3O2/c1-3-29-23-9-5-4-8-20(23)24(28)25-17-22(27-13-6-7-14-27)18-10-11-21-19(16-18)12-15-26(21)2/h4-5,8-11,16,22H,3,6-7,12-15,17H2,1-2H3,(H,25,28)/t22-/m1/s1. The molecule has 154 valence electrons. The molecule has 0 saturated carbocycles. The minimum atomic E-state index is -0.0702. The van der Waals surface area contributed by atoms with E-state index in [9.17, 15) is 4.79 Å². The molecule has 2 aliphatic rings. The monoisotopic (exact) mass is 393 g/mol. The van der Waals surface area contributed by atoms with Gasteiger partial charge in [0, 0.05) is 25.8 Å². The van der Waals surface area contributed by atoms with Crippen molar-refractivity contribution >= 4 is 11.6 Å². The Balaban J connectivity index is 1.52. The number of hydrogen-bond donors (Lipinski definition) is 1. The second kappa shape index (κ2) is 8.87. The third-order valence-electron chi connectivity index (χ3n) is 6.09. The van der Waals surface area contributed by atoms with Crippen molar-refractivity contribution < 1.29 is 9.53 Å². The van der Waals surface area contributed by atoms with E-state index in [0.717, 1.165) is 26.1 Å². The first kappa shape index (κ1) is 19.8. The summed E-state index contributed by atoms with van der Waals surface area (Å²) in [7, 11) is 2.15. The summed E-state index contributed by atoms with van der Waals surface area (Å²) in [6.07, 6.45) is 3.55. The van der Waals surface area contributed by atoms with Crippen molar-refractivity contribution in [1.82, 2.24) is 10.2 Å². The lowest BCUT2D eigenvalue weighted by Gasteiger charge is -2.29. The van der Waals surface area contributed by atoms with E-state index >= 15 is 0 Å². The molecule has 1 N–H and O–H groups in total. The molecular formula is C24H31N3O2. The Labute approximate surface area is 173 Å². The first-order valence-corrected chi connectivity index (χ1v) is 10.8. The second-order valence-corrected chi connectivity index (χ2v) is 7.96. The summed E-state index contributed by atoms with van der Waals surface area (Å²) in [5.74, 6) is 0.574. The Morgan fingerprint density at radius 3 is 2.72 bits per heavy atom. The summed E-state index contributed by atoms with van der Waals surface area (Å²) >= 11 is 0. The van der Waals surface area contributed by atoms with Crippen LogP contribution in [0.4, 0.5) is 5.69 Å². The fourth-order valence-corrected chi connectivity index (χ4v) is 4.53. The van der Waals surface area contributed by atoms with E-state index < -0.39 is 0 Å². The predicted octanol–water partition coefficient (Wildman–Crippen LogP) is 3.64. The predicted molar refractivity (Wildman–Crippen MR) is 117 cm³/mol. The molecule has 1 amide bonds. The van der Waals surface area contributed by atoms with E-state index in [0.29, 0.717) is 24.5 Å². The second-order valence-electron chi connectivity index (χ2n) is 7.96. The summed E-state index contributed by atoms with van der Waals surface area (Å²) in [5.41, 5.74) is 4.66. The van der Waals surface area contributed by atoms with Gasteiger partial charge in [-0.2, -0.15) is 0 Å².